The average molecular weight is 379 g/mol. The Morgan fingerprint density at radius 1 is 1.14 bits per heavy atom. The molecule has 2 N–H and O–H groups in total. The first-order chi connectivity index (χ1) is 13.6. The predicted octanol–water partition coefficient (Wildman–Crippen LogP) is 2.11. The van der Waals surface area contributed by atoms with Crippen LogP contribution in [-0.4, -0.2) is 37.5 Å². The third-order valence-corrected chi connectivity index (χ3v) is 5.00. The lowest BCUT2D eigenvalue weighted by atomic mass is 9.96. The lowest BCUT2D eigenvalue weighted by Gasteiger charge is -2.28. The van der Waals surface area contributed by atoms with Crippen LogP contribution in [0.3, 0.4) is 0 Å². The molecule has 2 aliphatic rings. The van der Waals surface area contributed by atoms with Gasteiger partial charge in [-0.15, -0.1) is 0 Å². The van der Waals surface area contributed by atoms with Crippen LogP contribution in [0.15, 0.2) is 48.5 Å². The number of urea groups is 1. The monoisotopic (exact) mass is 379 g/mol. The van der Waals surface area contributed by atoms with Crippen LogP contribution in [0.4, 0.5) is 10.5 Å². The highest BCUT2D eigenvalue weighted by Gasteiger charge is 2.27. The van der Waals surface area contributed by atoms with Crippen molar-refractivity contribution < 1.29 is 19.1 Å². The summed E-state index contributed by atoms with van der Waals surface area (Å²) in [5, 5.41) is 5.25. The van der Waals surface area contributed by atoms with E-state index in [0.717, 1.165) is 17.7 Å². The van der Waals surface area contributed by atoms with E-state index in [2.05, 4.69) is 10.6 Å². The van der Waals surface area contributed by atoms with Crippen molar-refractivity contribution in [1.82, 2.24) is 10.6 Å². The van der Waals surface area contributed by atoms with Gasteiger partial charge in [0, 0.05) is 25.4 Å². The summed E-state index contributed by atoms with van der Waals surface area (Å²) in [5.41, 5.74) is 2.04. The first kappa shape index (κ1) is 18.0. The second-order valence-corrected chi connectivity index (χ2v) is 6.97. The molecule has 2 aliphatic heterocycles. The number of carbonyl (C=O) groups excluding carboxylic acids is 3. The molecule has 0 aliphatic carbocycles. The molecule has 4 amide bonds. The molecule has 28 heavy (non-hydrogen) atoms. The molecule has 0 unspecified atom stereocenters. The smallest absolute Gasteiger partial charge is 0.328 e. The molecule has 7 heteroatoms. The van der Waals surface area contributed by atoms with Gasteiger partial charge in [-0.1, -0.05) is 30.3 Å². The van der Waals surface area contributed by atoms with E-state index >= 15 is 0 Å². The van der Waals surface area contributed by atoms with Crippen LogP contribution < -0.4 is 20.3 Å². The second kappa shape index (κ2) is 7.72. The lowest BCUT2D eigenvalue weighted by molar-refractivity contribution is -0.120. The molecule has 1 atom stereocenters. The summed E-state index contributed by atoms with van der Waals surface area (Å²) in [5.74, 6) is 0.530. The zero-order valence-corrected chi connectivity index (χ0v) is 15.3. The molecule has 4 rings (SSSR count). The topological polar surface area (TPSA) is 87.7 Å². The number of hydrogen-bond acceptors (Lipinski definition) is 4. The molecule has 0 spiro atoms. The summed E-state index contributed by atoms with van der Waals surface area (Å²) in [6.07, 6.45) is 1.05. The van der Waals surface area contributed by atoms with E-state index in [1.807, 2.05) is 24.3 Å². The number of ether oxygens (including phenoxy) is 1. The van der Waals surface area contributed by atoms with Gasteiger partial charge in [0.25, 0.3) is 5.91 Å². The quantitative estimate of drug-likeness (QED) is 0.852. The molecule has 7 nitrogen and oxygen atoms in total. The molecular weight excluding hydrogens is 358 g/mol. The number of rotatable bonds is 4. The summed E-state index contributed by atoms with van der Waals surface area (Å²) >= 11 is 0. The van der Waals surface area contributed by atoms with Crippen molar-refractivity contribution >= 4 is 23.5 Å². The third kappa shape index (κ3) is 3.69. The van der Waals surface area contributed by atoms with E-state index in [1.54, 1.807) is 24.3 Å². The van der Waals surface area contributed by atoms with Crippen molar-refractivity contribution in [1.29, 1.82) is 0 Å². The Morgan fingerprint density at radius 3 is 2.79 bits per heavy atom. The van der Waals surface area contributed by atoms with Crippen LogP contribution in [0, 0.1) is 5.92 Å². The van der Waals surface area contributed by atoms with Crippen molar-refractivity contribution in [2.24, 2.45) is 5.92 Å². The highest BCUT2D eigenvalue weighted by Crippen LogP contribution is 2.27. The largest absolute Gasteiger partial charge is 0.493 e. The van der Waals surface area contributed by atoms with Gasteiger partial charge in [0.1, 0.15) is 5.75 Å². The molecule has 0 saturated carbocycles. The van der Waals surface area contributed by atoms with E-state index < -0.39 is 6.03 Å². The Kier molecular flexibility index (Phi) is 4.97. The third-order valence-electron chi connectivity index (χ3n) is 5.00. The minimum absolute atomic E-state index is 0.182. The van der Waals surface area contributed by atoms with Gasteiger partial charge in [-0.3, -0.25) is 19.8 Å². The van der Waals surface area contributed by atoms with Crippen LogP contribution in [0.2, 0.25) is 0 Å². The van der Waals surface area contributed by atoms with Crippen LogP contribution in [0.5, 0.6) is 5.75 Å². The fourth-order valence-electron chi connectivity index (χ4n) is 3.55. The number of benzene rings is 2. The number of hydrogen-bond donors (Lipinski definition) is 2. The van der Waals surface area contributed by atoms with Crippen molar-refractivity contribution in [3.05, 3.63) is 59.7 Å². The van der Waals surface area contributed by atoms with E-state index in [1.165, 1.54) is 4.90 Å². The van der Waals surface area contributed by atoms with Crippen LogP contribution in [0.25, 0.3) is 0 Å². The fraction of sp³-hybridized carbons (Fsp3) is 0.286. The first-order valence-corrected chi connectivity index (χ1v) is 9.31. The van der Waals surface area contributed by atoms with Gasteiger partial charge < -0.3 is 10.1 Å². The highest BCUT2D eigenvalue weighted by atomic mass is 16.5. The number of imide groups is 1. The molecule has 2 aromatic carbocycles. The molecule has 0 bridgehead atoms. The van der Waals surface area contributed by atoms with Gasteiger partial charge in [0.05, 0.1) is 17.9 Å². The summed E-state index contributed by atoms with van der Waals surface area (Å²) in [6, 6.07) is 14.3. The van der Waals surface area contributed by atoms with E-state index in [4.69, 9.17) is 4.74 Å². The number of carbonyl (C=O) groups is 3. The number of fused-ring (bicyclic) bond motifs is 1. The second-order valence-electron chi connectivity index (χ2n) is 6.97. The van der Waals surface area contributed by atoms with Gasteiger partial charge in [-0.05, 0) is 30.2 Å². The molecule has 0 aromatic heterocycles. The summed E-state index contributed by atoms with van der Waals surface area (Å²) in [7, 11) is 0. The van der Waals surface area contributed by atoms with Gasteiger partial charge in [-0.25, -0.2) is 4.79 Å². The zero-order chi connectivity index (χ0) is 19.5. The number of nitrogens with zero attached hydrogens (tertiary/aromatic N) is 1. The molecule has 144 valence electrons. The normalized spacial score (nSPS) is 18.7. The fourth-order valence-corrected chi connectivity index (χ4v) is 3.55. The minimum Gasteiger partial charge on any atom is -0.493 e. The predicted molar refractivity (Wildman–Crippen MR) is 103 cm³/mol. The molecule has 0 radical (unpaired) electrons. The zero-order valence-electron chi connectivity index (χ0n) is 15.3. The van der Waals surface area contributed by atoms with Crippen molar-refractivity contribution in [2.45, 2.75) is 12.8 Å². The number of para-hydroxylation sites is 2. The molecular formula is C21H21N3O4. The van der Waals surface area contributed by atoms with Crippen LogP contribution in [-0.2, 0) is 11.2 Å². The summed E-state index contributed by atoms with van der Waals surface area (Å²) < 4.78 is 5.77. The van der Waals surface area contributed by atoms with E-state index in [0.29, 0.717) is 24.4 Å². The van der Waals surface area contributed by atoms with Crippen LogP contribution in [0.1, 0.15) is 22.3 Å². The maximum absolute atomic E-state index is 12.8. The Balaban J connectivity index is 1.43. The van der Waals surface area contributed by atoms with Gasteiger partial charge in [0.15, 0.2) is 0 Å². The Bertz CT molecular complexity index is 927. The maximum Gasteiger partial charge on any atom is 0.328 e. The average Bonchev–Trinajstić information content (AvgIpc) is 2.72. The first-order valence-electron chi connectivity index (χ1n) is 9.31. The number of anilines is 1. The van der Waals surface area contributed by atoms with Crippen molar-refractivity contribution in [2.75, 3.05) is 24.6 Å². The minimum atomic E-state index is -0.506. The van der Waals surface area contributed by atoms with E-state index in [9.17, 15) is 14.4 Å². The SMILES string of the molecule is O=C1CCN(c2ccccc2C(=O)NC[C@@H]2COc3ccccc3C2)C(=O)N1. The van der Waals surface area contributed by atoms with Gasteiger partial charge >= 0.3 is 6.03 Å². The van der Waals surface area contributed by atoms with E-state index in [-0.39, 0.29) is 30.7 Å². The number of amides is 4. The van der Waals surface area contributed by atoms with Crippen LogP contribution >= 0.6 is 0 Å². The molecule has 2 aromatic rings. The van der Waals surface area contributed by atoms with Crippen molar-refractivity contribution in [3.8, 4) is 5.75 Å². The van der Waals surface area contributed by atoms with Gasteiger partial charge in [-0.2, -0.15) is 0 Å². The Hall–Kier alpha value is -3.35. The van der Waals surface area contributed by atoms with Gasteiger partial charge in [0.2, 0.25) is 5.91 Å². The number of nitrogens with one attached hydrogen (secondary N) is 2. The standard InChI is InChI=1S/C21H21N3O4/c25-19-9-10-24(21(27)23-19)17-7-3-2-6-16(17)20(26)22-12-14-11-15-5-1-4-8-18(15)28-13-14/h1-8,14H,9-13H2,(H,22,26)(H,23,25,27)/t14-/m1/s1. The summed E-state index contributed by atoms with van der Waals surface area (Å²) in [6.45, 7) is 1.28. The molecule has 1 fully saturated rings. The maximum atomic E-state index is 12.8. The molecule has 2 heterocycles. The Labute approximate surface area is 162 Å². The molecule has 1 saturated heterocycles. The highest BCUT2D eigenvalue weighted by molar-refractivity contribution is 6.09. The lowest BCUT2D eigenvalue weighted by Crippen LogP contribution is -2.50. The summed E-state index contributed by atoms with van der Waals surface area (Å²) in [4.78, 5) is 37.7. The van der Waals surface area contributed by atoms with Crippen molar-refractivity contribution in [3.63, 3.8) is 0 Å². The Morgan fingerprint density at radius 2 is 1.93 bits per heavy atom.